The first-order chi connectivity index (χ1) is 8.20. The van der Waals surface area contributed by atoms with Crippen LogP contribution in [0.15, 0.2) is 30.3 Å². The third kappa shape index (κ3) is 2.92. The van der Waals surface area contributed by atoms with E-state index in [-0.39, 0.29) is 0 Å². The van der Waals surface area contributed by atoms with Crippen molar-refractivity contribution in [2.24, 2.45) is 0 Å². The van der Waals surface area contributed by atoms with E-state index in [1.54, 1.807) is 24.3 Å². The van der Waals surface area contributed by atoms with Gasteiger partial charge in [0.15, 0.2) is 0 Å². The van der Waals surface area contributed by atoms with E-state index in [0.717, 1.165) is 10.6 Å². The number of thiophene rings is 1. The van der Waals surface area contributed by atoms with Crippen molar-refractivity contribution < 1.29 is 0 Å². The first-order valence-electron chi connectivity index (χ1n) is 4.87. The lowest BCUT2D eigenvalue weighted by Gasteiger charge is -2.08. The molecule has 1 aromatic heterocycles. The van der Waals surface area contributed by atoms with Gasteiger partial charge in [0, 0.05) is 11.4 Å². The number of anilines is 1. The van der Waals surface area contributed by atoms with E-state index in [1.807, 2.05) is 6.07 Å². The lowest BCUT2D eigenvalue weighted by molar-refractivity contribution is 1.19. The van der Waals surface area contributed by atoms with Crippen LogP contribution in [0.1, 0.15) is 9.75 Å². The van der Waals surface area contributed by atoms with Crippen LogP contribution in [0.3, 0.4) is 0 Å². The highest BCUT2D eigenvalue weighted by Crippen LogP contribution is 2.30. The number of nitriles is 1. The Morgan fingerprint density at radius 3 is 2.47 bits per heavy atom. The van der Waals surface area contributed by atoms with Gasteiger partial charge in [-0.05, 0) is 24.3 Å². The Balaban J connectivity index is 2.10. The molecule has 0 unspecified atom stereocenters. The quantitative estimate of drug-likeness (QED) is 0.897. The molecule has 0 aliphatic carbocycles. The molecule has 0 spiro atoms. The number of hydrogen-bond donors (Lipinski definition) is 1. The highest BCUT2D eigenvalue weighted by molar-refractivity contribution is 7.12. The number of benzene rings is 1. The lowest BCUT2D eigenvalue weighted by atomic mass is 10.3. The average molecular weight is 283 g/mol. The maximum Gasteiger partial charge on any atom is 0.110 e. The van der Waals surface area contributed by atoms with Crippen LogP contribution < -0.4 is 5.32 Å². The van der Waals surface area contributed by atoms with Crippen LogP contribution in [0.2, 0.25) is 10.0 Å². The van der Waals surface area contributed by atoms with Gasteiger partial charge in [0.05, 0.1) is 15.7 Å². The predicted molar refractivity (Wildman–Crippen MR) is 72.8 cm³/mol. The molecule has 5 heteroatoms. The summed E-state index contributed by atoms with van der Waals surface area (Å²) >= 11 is 13.5. The molecule has 0 atom stereocenters. The minimum Gasteiger partial charge on any atom is -0.378 e. The fraction of sp³-hybridized carbons (Fsp3) is 0.0833. The van der Waals surface area contributed by atoms with Crippen LogP contribution in [-0.4, -0.2) is 0 Å². The maximum absolute atomic E-state index is 8.72. The number of hydrogen-bond acceptors (Lipinski definition) is 3. The molecule has 1 heterocycles. The molecule has 2 nitrogen and oxygen atoms in total. The number of halogens is 2. The summed E-state index contributed by atoms with van der Waals surface area (Å²) in [6.45, 7) is 0.607. The lowest BCUT2D eigenvalue weighted by Crippen LogP contribution is -1.98. The Labute approximate surface area is 113 Å². The molecule has 2 rings (SSSR count). The van der Waals surface area contributed by atoms with Crippen molar-refractivity contribution in [3.05, 3.63) is 50.1 Å². The molecular formula is C12H8Cl2N2S. The average Bonchev–Trinajstić information content (AvgIpc) is 2.76. The maximum atomic E-state index is 8.72. The summed E-state index contributed by atoms with van der Waals surface area (Å²) in [5.41, 5.74) is 0.725. The van der Waals surface area contributed by atoms with Gasteiger partial charge in [-0.1, -0.05) is 29.3 Å². The molecule has 1 N–H and O–H groups in total. The summed E-state index contributed by atoms with van der Waals surface area (Å²) in [7, 11) is 0. The third-order valence-electron chi connectivity index (χ3n) is 2.17. The second kappa shape index (κ2) is 5.42. The highest BCUT2D eigenvalue weighted by atomic mass is 35.5. The summed E-state index contributed by atoms with van der Waals surface area (Å²) in [5.74, 6) is 0. The van der Waals surface area contributed by atoms with Gasteiger partial charge in [-0.2, -0.15) is 5.26 Å². The van der Waals surface area contributed by atoms with Crippen LogP contribution >= 0.6 is 34.5 Å². The third-order valence-corrected chi connectivity index (χ3v) is 3.79. The molecule has 0 radical (unpaired) electrons. The minimum absolute atomic E-state index is 0.592. The Morgan fingerprint density at radius 2 is 1.88 bits per heavy atom. The number of rotatable bonds is 3. The first-order valence-corrected chi connectivity index (χ1v) is 6.44. The smallest absolute Gasteiger partial charge is 0.110 e. The fourth-order valence-corrected chi connectivity index (χ4v) is 2.65. The zero-order valence-corrected chi connectivity index (χ0v) is 11.0. The van der Waals surface area contributed by atoms with Gasteiger partial charge < -0.3 is 5.32 Å². The molecule has 2 aromatic rings. The second-order valence-electron chi connectivity index (χ2n) is 3.33. The number of nitrogens with one attached hydrogen (secondary N) is 1. The summed E-state index contributed by atoms with van der Waals surface area (Å²) in [4.78, 5) is 1.77. The van der Waals surface area contributed by atoms with Crippen LogP contribution in [0, 0.1) is 11.3 Å². The largest absolute Gasteiger partial charge is 0.378 e. The van der Waals surface area contributed by atoms with Crippen LogP contribution in [0.5, 0.6) is 0 Å². The number of nitrogens with zero attached hydrogens (tertiary/aromatic N) is 1. The Bertz CT molecular complexity index is 552. The van der Waals surface area contributed by atoms with Crippen LogP contribution in [0.25, 0.3) is 0 Å². The van der Waals surface area contributed by atoms with Gasteiger partial charge in [-0.3, -0.25) is 0 Å². The molecule has 0 amide bonds. The van der Waals surface area contributed by atoms with E-state index in [2.05, 4.69) is 11.4 Å². The monoisotopic (exact) mass is 282 g/mol. The van der Waals surface area contributed by atoms with Gasteiger partial charge in [0.2, 0.25) is 0 Å². The topological polar surface area (TPSA) is 35.8 Å². The molecule has 0 aliphatic rings. The summed E-state index contributed by atoms with van der Waals surface area (Å²) in [5, 5.41) is 13.1. The molecular weight excluding hydrogens is 275 g/mol. The predicted octanol–water partition coefficient (Wildman–Crippen LogP) is 4.54. The Morgan fingerprint density at radius 1 is 1.18 bits per heavy atom. The molecule has 0 saturated carbocycles. The molecule has 17 heavy (non-hydrogen) atoms. The van der Waals surface area contributed by atoms with E-state index < -0.39 is 0 Å². The first kappa shape index (κ1) is 12.3. The van der Waals surface area contributed by atoms with E-state index in [0.29, 0.717) is 21.5 Å². The SMILES string of the molecule is N#Cc1ccc(CNc2c(Cl)cccc2Cl)s1. The van der Waals surface area contributed by atoms with Gasteiger partial charge in [-0.15, -0.1) is 11.3 Å². The molecule has 0 bridgehead atoms. The molecule has 0 saturated heterocycles. The van der Waals surface area contributed by atoms with Crippen molar-refractivity contribution in [1.82, 2.24) is 0 Å². The Kier molecular flexibility index (Phi) is 3.90. The van der Waals surface area contributed by atoms with Gasteiger partial charge in [0.25, 0.3) is 0 Å². The normalized spacial score (nSPS) is 9.94. The fourth-order valence-electron chi connectivity index (χ4n) is 1.38. The Hall–Kier alpha value is -1.21. The van der Waals surface area contributed by atoms with Gasteiger partial charge in [-0.25, -0.2) is 0 Å². The molecule has 0 aliphatic heterocycles. The number of para-hydroxylation sites is 1. The van der Waals surface area contributed by atoms with Crippen LogP contribution in [0.4, 0.5) is 5.69 Å². The standard InChI is InChI=1S/C12H8Cl2N2S/c13-10-2-1-3-11(14)12(10)16-7-9-5-4-8(6-15)17-9/h1-5,16H,7H2. The van der Waals surface area contributed by atoms with E-state index >= 15 is 0 Å². The van der Waals surface area contributed by atoms with E-state index in [4.69, 9.17) is 28.5 Å². The van der Waals surface area contributed by atoms with E-state index in [1.165, 1.54) is 11.3 Å². The van der Waals surface area contributed by atoms with Crippen molar-refractivity contribution in [1.29, 1.82) is 5.26 Å². The minimum atomic E-state index is 0.592. The zero-order chi connectivity index (χ0) is 12.3. The summed E-state index contributed by atoms with van der Waals surface area (Å²) in [6, 6.07) is 11.2. The van der Waals surface area contributed by atoms with Gasteiger partial charge in [0.1, 0.15) is 10.9 Å². The van der Waals surface area contributed by atoms with Crippen LogP contribution in [-0.2, 0) is 6.54 Å². The highest BCUT2D eigenvalue weighted by Gasteiger charge is 2.05. The second-order valence-corrected chi connectivity index (χ2v) is 5.31. The van der Waals surface area contributed by atoms with Crippen molar-refractivity contribution in [3.63, 3.8) is 0 Å². The van der Waals surface area contributed by atoms with Gasteiger partial charge >= 0.3 is 0 Å². The molecule has 1 aromatic carbocycles. The summed E-state index contributed by atoms with van der Waals surface area (Å²) in [6.07, 6.45) is 0. The summed E-state index contributed by atoms with van der Waals surface area (Å²) < 4.78 is 0. The van der Waals surface area contributed by atoms with E-state index in [9.17, 15) is 0 Å². The van der Waals surface area contributed by atoms with Crippen molar-refractivity contribution in [2.75, 3.05) is 5.32 Å². The molecule has 0 fully saturated rings. The van der Waals surface area contributed by atoms with Crippen molar-refractivity contribution >= 4 is 40.2 Å². The zero-order valence-electron chi connectivity index (χ0n) is 8.71. The van der Waals surface area contributed by atoms with Crippen molar-refractivity contribution in [2.45, 2.75) is 6.54 Å². The van der Waals surface area contributed by atoms with Crippen molar-refractivity contribution in [3.8, 4) is 6.07 Å². The molecule has 86 valence electrons.